The number of tetrazole rings is 1. The van der Waals surface area contributed by atoms with Crippen LogP contribution in [0, 0.1) is 0 Å². The third-order valence-electron chi connectivity index (χ3n) is 3.77. The fourth-order valence-corrected chi connectivity index (χ4v) is 4.07. The van der Waals surface area contributed by atoms with E-state index < -0.39 is 6.10 Å². The van der Waals surface area contributed by atoms with Crippen molar-refractivity contribution in [2.45, 2.75) is 54.8 Å². The molecule has 0 spiro atoms. The van der Waals surface area contributed by atoms with Crippen molar-refractivity contribution in [2.24, 2.45) is 0 Å². The highest BCUT2D eigenvalue weighted by atomic mass is 79.9. The van der Waals surface area contributed by atoms with Crippen LogP contribution in [0.3, 0.4) is 0 Å². The Labute approximate surface area is 136 Å². The minimum Gasteiger partial charge on any atom is -0.389 e. The maximum Gasteiger partial charge on any atom is 0.214 e. The zero-order chi connectivity index (χ0) is 14.8. The first kappa shape index (κ1) is 15.0. The van der Waals surface area contributed by atoms with Gasteiger partial charge in [-0.1, -0.05) is 18.9 Å². The highest BCUT2D eigenvalue weighted by Gasteiger charge is 2.22. The fourth-order valence-electron chi connectivity index (χ4n) is 2.59. The van der Waals surface area contributed by atoms with Crippen molar-refractivity contribution in [3.8, 4) is 0 Å². The SMILES string of the molecule is CC(O)c1ccc(Sc2nnnn2C2CCCC2)c(Br)c1. The molecule has 1 N–H and O–H groups in total. The van der Waals surface area contributed by atoms with Crippen molar-refractivity contribution in [3.05, 3.63) is 28.2 Å². The second-order valence-corrected chi connectivity index (χ2v) is 7.18. The normalized spacial score (nSPS) is 17.3. The van der Waals surface area contributed by atoms with Crippen LogP contribution in [0.4, 0.5) is 0 Å². The summed E-state index contributed by atoms with van der Waals surface area (Å²) < 4.78 is 2.90. The predicted molar refractivity (Wildman–Crippen MR) is 84.2 cm³/mol. The van der Waals surface area contributed by atoms with Gasteiger partial charge >= 0.3 is 0 Å². The highest BCUT2D eigenvalue weighted by Crippen LogP contribution is 2.37. The number of hydrogen-bond acceptors (Lipinski definition) is 5. The molecule has 0 amide bonds. The van der Waals surface area contributed by atoms with Gasteiger partial charge in [-0.05, 0) is 75.6 Å². The van der Waals surface area contributed by atoms with Crippen LogP contribution in [-0.4, -0.2) is 25.3 Å². The number of aromatic nitrogens is 4. The van der Waals surface area contributed by atoms with Gasteiger partial charge in [0.25, 0.3) is 0 Å². The summed E-state index contributed by atoms with van der Waals surface area (Å²) in [5.41, 5.74) is 0.890. The van der Waals surface area contributed by atoms with Crippen LogP contribution in [0.2, 0.25) is 0 Å². The van der Waals surface area contributed by atoms with Crippen molar-refractivity contribution in [2.75, 3.05) is 0 Å². The Balaban J connectivity index is 1.82. The predicted octanol–water partition coefficient (Wildman–Crippen LogP) is 3.76. The van der Waals surface area contributed by atoms with Gasteiger partial charge in [0.2, 0.25) is 5.16 Å². The van der Waals surface area contributed by atoms with Crippen LogP contribution >= 0.6 is 27.7 Å². The third kappa shape index (κ3) is 3.30. The molecule has 3 rings (SSSR count). The molecule has 1 heterocycles. The van der Waals surface area contributed by atoms with E-state index in [0.29, 0.717) is 6.04 Å². The summed E-state index contributed by atoms with van der Waals surface area (Å²) in [5, 5.41) is 22.6. The molecule has 1 saturated carbocycles. The van der Waals surface area contributed by atoms with E-state index in [2.05, 4.69) is 31.5 Å². The fraction of sp³-hybridized carbons (Fsp3) is 0.500. The van der Waals surface area contributed by atoms with Crippen LogP contribution < -0.4 is 0 Å². The van der Waals surface area contributed by atoms with Crippen LogP contribution in [0.15, 0.2) is 32.7 Å². The Morgan fingerprint density at radius 1 is 1.38 bits per heavy atom. The van der Waals surface area contributed by atoms with Crippen LogP contribution in [0.5, 0.6) is 0 Å². The molecule has 1 aliphatic rings. The summed E-state index contributed by atoms with van der Waals surface area (Å²) in [4.78, 5) is 1.05. The lowest BCUT2D eigenvalue weighted by Gasteiger charge is -2.12. The minimum atomic E-state index is -0.468. The smallest absolute Gasteiger partial charge is 0.214 e. The number of benzene rings is 1. The maximum atomic E-state index is 9.62. The molecule has 0 bridgehead atoms. The average Bonchev–Trinajstić information content (AvgIpc) is 3.11. The van der Waals surface area contributed by atoms with Gasteiger partial charge in [-0.2, -0.15) is 0 Å². The molecule has 0 radical (unpaired) electrons. The first-order valence-electron chi connectivity index (χ1n) is 7.08. The standard InChI is InChI=1S/C14H17BrN4OS/c1-9(20)10-6-7-13(12(15)8-10)21-14-16-17-18-19(14)11-4-2-3-5-11/h6-9,11,20H,2-5H2,1H3. The summed E-state index contributed by atoms with van der Waals surface area (Å²) in [5.74, 6) is 0. The summed E-state index contributed by atoms with van der Waals surface area (Å²) in [6.07, 6.45) is 4.34. The molecule has 1 unspecified atom stereocenters. The number of aliphatic hydroxyl groups excluding tert-OH is 1. The Morgan fingerprint density at radius 2 is 2.14 bits per heavy atom. The molecule has 1 fully saturated rings. The Kier molecular flexibility index (Phi) is 4.61. The molecule has 0 saturated heterocycles. The monoisotopic (exact) mass is 368 g/mol. The Bertz CT molecular complexity index is 625. The van der Waals surface area contributed by atoms with Gasteiger partial charge in [0, 0.05) is 9.37 Å². The molecule has 1 aliphatic carbocycles. The lowest BCUT2D eigenvalue weighted by Crippen LogP contribution is -2.08. The molecule has 21 heavy (non-hydrogen) atoms. The molecule has 0 aliphatic heterocycles. The van der Waals surface area contributed by atoms with Gasteiger partial charge in [0.05, 0.1) is 12.1 Å². The first-order valence-corrected chi connectivity index (χ1v) is 8.69. The second-order valence-electron chi connectivity index (χ2n) is 5.31. The molecule has 1 aromatic carbocycles. The van der Waals surface area contributed by atoms with Crippen molar-refractivity contribution >= 4 is 27.7 Å². The summed E-state index contributed by atoms with van der Waals surface area (Å²) in [6, 6.07) is 6.29. The molecule has 5 nitrogen and oxygen atoms in total. The number of hydrogen-bond donors (Lipinski definition) is 1. The third-order valence-corrected chi connectivity index (χ3v) is 5.72. The number of halogens is 1. The second kappa shape index (κ2) is 6.46. The zero-order valence-electron chi connectivity index (χ0n) is 11.7. The molecule has 112 valence electrons. The summed E-state index contributed by atoms with van der Waals surface area (Å²) in [7, 11) is 0. The van der Waals surface area contributed by atoms with Gasteiger partial charge in [0.15, 0.2) is 0 Å². The highest BCUT2D eigenvalue weighted by molar-refractivity contribution is 9.10. The lowest BCUT2D eigenvalue weighted by atomic mass is 10.1. The largest absolute Gasteiger partial charge is 0.389 e. The van der Waals surface area contributed by atoms with E-state index in [1.54, 1.807) is 18.7 Å². The number of nitrogens with zero attached hydrogens (tertiary/aromatic N) is 4. The molecule has 7 heteroatoms. The van der Waals surface area contributed by atoms with E-state index in [0.717, 1.165) is 32.9 Å². The number of rotatable bonds is 4. The average molecular weight is 369 g/mol. The molecular weight excluding hydrogens is 352 g/mol. The minimum absolute atomic E-state index is 0.429. The van der Waals surface area contributed by atoms with Crippen LogP contribution in [0.1, 0.15) is 50.3 Å². The van der Waals surface area contributed by atoms with Gasteiger partial charge in [-0.15, -0.1) is 5.10 Å². The summed E-state index contributed by atoms with van der Waals surface area (Å²) in [6.45, 7) is 1.76. The van der Waals surface area contributed by atoms with E-state index in [1.807, 2.05) is 22.9 Å². The maximum absolute atomic E-state index is 9.62. The molecule has 2 aromatic rings. The Hall–Kier alpha value is -0.920. The summed E-state index contributed by atoms with van der Waals surface area (Å²) >= 11 is 5.11. The number of aliphatic hydroxyl groups is 1. The van der Waals surface area contributed by atoms with E-state index >= 15 is 0 Å². The van der Waals surface area contributed by atoms with Crippen LogP contribution in [-0.2, 0) is 0 Å². The van der Waals surface area contributed by atoms with Crippen molar-refractivity contribution in [3.63, 3.8) is 0 Å². The van der Waals surface area contributed by atoms with Gasteiger partial charge in [0.1, 0.15) is 0 Å². The van der Waals surface area contributed by atoms with Gasteiger partial charge in [-0.25, -0.2) is 4.68 Å². The Morgan fingerprint density at radius 3 is 2.81 bits per heavy atom. The van der Waals surface area contributed by atoms with E-state index in [4.69, 9.17) is 0 Å². The van der Waals surface area contributed by atoms with Gasteiger partial charge in [-0.3, -0.25) is 0 Å². The van der Waals surface area contributed by atoms with Gasteiger partial charge < -0.3 is 5.11 Å². The zero-order valence-corrected chi connectivity index (χ0v) is 14.1. The van der Waals surface area contributed by atoms with Crippen molar-refractivity contribution in [1.82, 2.24) is 20.2 Å². The first-order chi connectivity index (χ1) is 10.1. The quantitative estimate of drug-likeness (QED) is 0.889. The van der Waals surface area contributed by atoms with E-state index in [9.17, 15) is 5.11 Å². The van der Waals surface area contributed by atoms with Crippen LogP contribution in [0.25, 0.3) is 0 Å². The molecular formula is C14H17BrN4OS. The molecule has 1 aromatic heterocycles. The van der Waals surface area contributed by atoms with Crippen molar-refractivity contribution < 1.29 is 5.11 Å². The van der Waals surface area contributed by atoms with E-state index in [1.165, 1.54) is 12.8 Å². The molecule has 1 atom stereocenters. The van der Waals surface area contributed by atoms with E-state index in [-0.39, 0.29) is 0 Å². The van der Waals surface area contributed by atoms with Crippen molar-refractivity contribution in [1.29, 1.82) is 0 Å². The topological polar surface area (TPSA) is 63.8 Å². The lowest BCUT2D eigenvalue weighted by molar-refractivity contribution is 0.199.